The molecule has 1 fully saturated rings. The fourth-order valence-corrected chi connectivity index (χ4v) is 2.19. The summed E-state index contributed by atoms with van der Waals surface area (Å²) in [6, 6.07) is 1.52. The predicted molar refractivity (Wildman–Crippen MR) is 74.8 cm³/mol. The zero-order valence-electron chi connectivity index (χ0n) is 10.6. The van der Waals surface area contributed by atoms with Crippen LogP contribution in [0.2, 0.25) is 0 Å². The molecule has 0 aliphatic carbocycles. The highest BCUT2D eigenvalue weighted by molar-refractivity contribution is 9.10. The number of halogens is 1. The van der Waals surface area contributed by atoms with E-state index < -0.39 is 5.97 Å². The molecule has 0 unspecified atom stereocenters. The van der Waals surface area contributed by atoms with Crippen molar-refractivity contribution in [1.82, 2.24) is 9.88 Å². The quantitative estimate of drug-likeness (QED) is 0.840. The number of carboxylic acid groups (broad SMARTS) is 1. The Morgan fingerprint density at radius 1 is 1.45 bits per heavy atom. The molecule has 0 saturated carbocycles. The van der Waals surface area contributed by atoms with Crippen molar-refractivity contribution in [1.29, 1.82) is 0 Å². The molecule has 0 atom stereocenters. The standard InChI is InChI=1S/C12H14BrN3O4/c13-8-5-9(11(12(18)19)14-6-8)15-10(17)7-16-1-3-20-4-2-16/h5-6H,1-4,7H2,(H,15,17)(H,18,19). The molecule has 8 heteroatoms. The van der Waals surface area contributed by atoms with Crippen molar-refractivity contribution in [3.05, 3.63) is 22.4 Å². The Labute approximate surface area is 124 Å². The van der Waals surface area contributed by atoms with Gasteiger partial charge in [-0.2, -0.15) is 0 Å². The SMILES string of the molecule is O=C(CN1CCOCC1)Nc1cc(Br)cnc1C(=O)O. The Kier molecular flexibility index (Phi) is 5.05. The van der Waals surface area contributed by atoms with Crippen LogP contribution in [-0.2, 0) is 9.53 Å². The molecule has 108 valence electrons. The van der Waals surface area contributed by atoms with Gasteiger partial charge >= 0.3 is 5.97 Å². The van der Waals surface area contributed by atoms with Crippen molar-refractivity contribution < 1.29 is 19.4 Å². The fourth-order valence-electron chi connectivity index (χ4n) is 1.86. The predicted octanol–water partition coefficient (Wildman–Crippen LogP) is 0.813. The molecule has 1 aliphatic rings. The third-order valence-electron chi connectivity index (χ3n) is 2.80. The van der Waals surface area contributed by atoms with Crippen LogP contribution >= 0.6 is 15.9 Å². The van der Waals surface area contributed by atoms with E-state index in [1.165, 1.54) is 12.3 Å². The summed E-state index contributed by atoms with van der Waals surface area (Å²) in [7, 11) is 0. The van der Waals surface area contributed by atoms with Gasteiger partial charge < -0.3 is 15.2 Å². The highest BCUT2D eigenvalue weighted by atomic mass is 79.9. The van der Waals surface area contributed by atoms with E-state index in [4.69, 9.17) is 9.84 Å². The number of nitrogens with zero attached hydrogens (tertiary/aromatic N) is 2. The maximum atomic E-state index is 11.9. The van der Waals surface area contributed by atoms with Crippen LogP contribution in [0.4, 0.5) is 5.69 Å². The maximum Gasteiger partial charge on any atom is 0.356 e. The Hall–Kier alpha value is -1.51. The van der Waals surface area contributed by atoms with Crippen molar-refractivity contribution in [3.63, 3.8) is 0 Å². The summed E-state index contributed by atoms with van der Waals surface area (Å²) in [5.41, 5.74) is 0.00802. The Balaban J connectivity index is 2.03. The van der Waals surface area contributed by atoms with Gasteiger partial charge in [-0.05, 0) is 22.0 Å². The van der Waals surface area contributed by atoms with E-state index in [9.17, 15) is 9.59 Å². The first-order valence-corrected chi connectivity index (χ1v) is 6.84. The Bertz CT molecular complexity index is 517. The van der Waals surface area contributed by atoms with Gasteiger partial charge in [-0.1, -0.05) is 0 Å². The highest BCUT2D eigenvalue weighted by Crippen LogP contribution is 2.19. The van der Waals surface area contributed by atoms with Gasteiger partial charge in [0.25, 0.3) is 0 Å². The second-order valence-corrected chi connectivity index (χ2v) is 5.21. The summed E-state index contributed by atoms with van der Waals surface area (Å²) >= 11 is 3.20. The third-order valence-corrected chi connectivity index (χ3v) is 3.24. The minimum atomic E-state index is -1.18. The summed E-state index contributed by atoms with van der Waals surface area (Å²) < 4.78 is 5.80. The Morgan fingerprint density at radius 3 is 2.80 bits per heavy atom. The highest BCUT2D eigenvalue weighted by Gasteiger charge is 2.17. The number of aromatic nitrogens is 1. The lowest BCUT2D eigenvalue weighted by atomic mass is 10.3. The maximum absolute atomic E-state index is 11.9. The minimum absolute atomic E-state index is 0.177. The van der Waals surface area contributed by atoms with Crippen LogP contribution in [0.3, 0.4) is 0 Å². The number of rotatable bonds is 4. The molecule has 1 saturated heterocycles. The molecule has 1 aromatic heterocycles. The molecule has 0 aromatic carbocycles. The number of pyridine rings is 1. The first-order valence-electron chi connectivity index (χ1n) is 6.05. The van der Waals surface area contributed by atoms with Gasteiger partial charge in [-0.15, -0.1) is 0 Å². The van der Waals surface area contributed by atoms with E-state index in [2.05, 4.69) is 26.2 Å². The summed E-state index contributed by atoms with van der Waals surface area (Å²) in [5.74, 6) is -1.45. The van der Waals surface area contributed by atoms with Gasteiger partial charge in [0.15, 0.2) is 5.69 Å². The molecule has 2 N–H and O–H groups in total. The molecular weight excluding hydrogens is 330 g/mol. The number of ether oxygens (including phenoxy) is 1. The number of morpholine rings is 1. The van der Waals surface area contributed by atoms with Gasteiger partial charge in [0.2, 0.25) is 5.91 Å². The topological polar surface area (TPSA) is 91.8 Å². The van der Waals surface area contributed by atoms with Crippen LogP contribution in [0, 0.1) is 0 Å². The number of carboxylic acids is 1. The van der Waals surface area contributed by atoms with Crippen molar-refractivity contribution >= 4 is 33.5 Å². The first-order chi connectivity index (χ1) is 9.56. The number of anilines is 1. The molecule has 1 amide bonds. The number of carbonyl (C=O) groups is 2. The average molecular weight is 344 g/mol. The molecule has 1 aromatic rings. The van der Waals surface area contributed by atoms with E-state index in [0.29, 0.717) is 30.8 Å². The van der Waals surface area contributed by atoms with Crippen LogP contribution in [-0.4, -0.2) is 59.7 Å². The lowest BCUT2D eigenvalue weighted by molar-refractivity contribution is -0.118. The number of carbonyl (C=O) groups excluding carboxylic acids is 1. The van der Waals surface area contributed by atoms with Gasteiger partial charge in [-0.3, -0.25) is 9.69 Å². The lowest BCUT2D eigenvalue weighted by Crippen LogP contribution is -2.41. The molecule has 20 heavy (non-hydrogen) atoms. The van der Waals surface area contributed by atoms with E-state index in [-0.39, 0.29) is 23.8 Å². The van der Waals surface area contributed by atoms with Crippen molar-refractivity contribution in [3.8, 4) is 0 Å². The largest absolute Gasteiger partial charge is 0.476 e. The summed E-state index contributed by atoms with van der Waals surface area (Å²) in [4.78, 5) is 28.7. The number of aromatic carboxylic acids is 1. The van der Waals surface area contributed by atoms with Crippen LogP contribution in [0.5, 0.6) is 0 Å². The summed E-state index contributed by atoms with van der Waals surface area (Å²) in [6.07, 6.45) is 1.38. The van der Waals surface area contributed by atoms with Crippen LogP contribution in [0.25, 0.3) is 0 Å². The molecule has 0 radical (unpaired) electrons. The van der Waals surface area contributed by atoms with E-state index in [0.717, 1.165) is 0 Å². The normalized spacial score (nSPS) is 15.8. The second kappa shape index (κ2) is 6.78. The summed E-state index contributed by atoms with van der Waals surface area (Å²) in [5, 5.41) is 11.6. The fraction of sp³-hybridized carbons (Fsp3) is 0.417. The third kappa shape index (κ3) is 3.99. The number of nitrogens with one attached hydrogen (secondary N) is 1. The van der Waals surface area contributed by atoms with Gasteiger partial charge in [0, 0.05) is 23.8 Å². The van der Waals surface area contributed by atoms with Crippen molar-refractivity contribution in [2.45, 2.75) is 0 Å². The molecule has 2 rings (SSSR count). The van der Waals surface area contributed by atoms with E-state index in [1.807, 2.05) is 4.90 Å². The Morgan fingerprint density at radius 2 is 2.15 bits per heavy atom. The van der Waals surface area contributed by atoms with Gasteiger partial charge in [0.1, 0.15) is 0 Å². The van der Waals surface area contributed by atoms with Crippen LogP contribution < -0.4 is 5.32 Å². The number of amides is 1. The average Bonchev–Trinajstić information content (AvgIpc) is 2.39. The van der Waals surface area contributed by atoms with Crippen molar-refractivity contribution in [2.75, 3.05) is 38.2 Å². The molecule has 1 aliphatic heterocycles. The first kappa shape index (κ1) is 14.9. The zero-order chi connectivity index (χ0) is 14.5. The molecule has 0 spiro atoms. The number of hydrogen-bond acceptors (Lipinski definition) is 5. The molecular formula is C12H14BrN3O4. The number of hydrogen-bond donors (Lipinski definition) is 2. The lowest BCUT2D eigenvalue weighted by Gasteiger charge is -2.25. The second-order valence-electron chi connectivity index (χ2n) is 4.29. The summed E-state index contributed by atoms with van der Waals surface area (Å²) in [6.45, 7) is 2.79. The monoisotopic (exact) mass is 343 g/mol. The van der Waals surface area contributed by atoms with Crippen LogP contribution in [0.15, 0.2) is 16.7 Å². The van der Waals surface area contributed by atoms with Crippen LogP contribution in [0.1, 0.15) is 10.5 Å². The smallest absolute Gasteiger partial charge is 0.356 e. The van der Waals surface area contributed by atoms with Crippen molar-refractivity contribution in [2.24, 2.45) is 0 Å². The zero-order valence-corrected chi connectivity index (χ0v) is 12.2. The van der Waals surface area contributed by atoms with E-state index in [1.54, 1.807) is 0 Å². The van der Waals surface area contributed by atoms with Gasteiger partial charge in [-0.25, -0.2) is 9.78 Å². The van der Waals surface area contributed by atoms with E-state index >= 15 is 0 Å². The van der Waals surface area contributed by atoms with Gasteiger partial charge in [0.05, 0.1) is 25.4 Å². The minimum Gasteiger partial charge on any atom is -0.476 e. The molecule has 7 nitrogen and oxygen atoms in total. The molecule has 2 heterocycles. The molecule has 0 bridgehead atoms.